The third-order valence-electron chi connectivity index (χ3n) is 7.30. The highest BCUT2D eigenvalue weighted by molar-refractivity contribution is 5.65. The average molecular weight is 444 g/mol. The number of hydrogen-bond acceptors (Lipinski definition) is 1. The molecule has 33 heavy (non-hydrogen) atoms. The van der Waals surface area contributed by atoms with Crippen LogP contribution in [-0.2, 0) is 6.42 Å². The highest BCUT2D eigenvalue weighted by Crippen LogP contribution is 2.37. The van der Waals surface area contributed by atoms with Gasteiger partial charge in [0.25, 0.3) is 0 Å². The van der Waals surface area contributed by atoms with Gasteiger partial charge in [-0.15, -0.1) is 0 Å². The van der Waals surface area contributed by atoms with Crippen LogP contribution < -0.4 is 0 Å². The lowest BCUT2D eigenvalue weighted by Crippen LogP contribution is -2.16. The van der Waals surface area contributed by atoms with Gasteiger partial charge < -0.3 is 0 Å². The first-order chi connectivity index (χ1) is 16.0. The first-order valence-electron chi connectivity index (χ1n) is 12.1. The summed E-state index contributed by atoms with van der Waals surface area (Å²) in [6.07, 6.45) is 8.80. The lowest BCUT2D eigenvalue weighted by Gasteiger charge is -2.30. The standard InChI is InChI=1S/C30H31F2N/c1-21(25-5-3-2-4-6-25)17-24-11-9-22(10-12-24)7-8-23-13-15-26(16-14-23)27-18-29(31)28(20-33)30(32)19-27/h2-6,13-16,18-19,21-22,24H,7-12,17H2,1H3/t21-,22?,24?/m1/s1. The minimum Gasteiger partial charge on any atom is -0.205 e. The van der Waals surface area contributed by atoms with Gasteiger partial charge in [0, 0.05) is 0 Å². The first-order valence-corrected chi connectivity index (χ1v) is 12.1. The van der Waals surface area contributed by atoms with E-state index < -0.39 is 17.2 Å². The molecule has 0 bridgehead atoms. The maximum absolute atomic E-state index is 13.9. The van der Waals surface area contributed by atoms with E-state index >= 15 is 0 Å². The molecule has 1 nitrogen and oxygen atoms in total. The summed E-state index contributed by atoms with van der Waals surface area (Å²) in [5.41, 5.74) is 3.40. The lowest BCUT2D eigenvalue weighted by atomic mass is 9.75. The van der Waals surface area contributed by atoms with Crippen molar-refractivity contribution in [1.82, 2.24) is 0 Å². The van der Waals surface area contributed by atoms with E-state index in [1.807, 2.05) is 12.1 Å². The van der Waals surface area contributed by atoms with E-state index in [1.54, 1.807) is 6.07 Å². The van der Waals surface area contributed by atoms with Crippen molar-refractivity contribution < 1.29 is 8.78 Å². The van der Waals surface area contributed by atoms with Crippen molar-refractivity contribution in [1.29, 1.82) is 5.26 Å². The fourth-order valence-corrected chi connectivity index (χ4v) is 5.25. The minimum absolute atomic E-state index is 0.457. The van der Waals surface area contributed by atoms with Gasteiger partial charge >= 0.3 is 0 Å². The molecule has 1 aliphatic carbocycles. The molecule has 1 saturated carbocycles. The molecule has 0 heterocycles. The SMILES string of the molecule is C[C@H](CC1CCC(CCc2ccc(-c3cc(F)c(C#N)c(F)c3)cc2)CC1)c1ccccc1. The summed E-state index contributed by atoms with van der Waals surface area (Å²) in [4.78, 5) is 0. The van der Waals surface area contributed by atoms with Crippen molar-refractivity contribution >= 4 is 0 Å². The van der Waals surface area contributed by atoms with Gasteiger partial charge in [0.1, 0.15) is 23.3 Å². The predicted octanol–water partition coefficient (Wildman–Crippen LogP) is 8.44. The Morgan fingerprint density at radius 1 is 0.848 bits per heavy atom. The third-order valence-corrected chi connectivity index (χ3v) is 7.30. The summed E-state index contributed by atoms with van der Waals surface area (Å²) < 4.78 is 27.8. The van der Waals surface area contributed by atoms with Crippen LogP contribution in [0.2, 0.25) is 0 Å². The number of rotatable bonds is 7. The topological polar surface area (TPSA) is 23.8 Å². The molecule has 0 N–H and O–H groups in total. The van der Waals surface area contributed by atoms with Gasteiger partial charge in [-0.1, -0.05) is 87.2 Å². The summed E-state index contributed by atoms with van der Waals surface area (Å²) in [5, 5.41) is 8.83. The summed E-state index contributed by atoms with van der Waals surface area (Å²) in [6.45, 7) is 2.35. The fourth-order valence-electron chi connectivity index (χ4n) is 5.25. The second-order valence-corrected chi connectivity index (χ2v) is 9.60. The van der Waals surface area contributed by atoms with Crippen LogP contribution in [0.25, 0.3) is 11.1 Å². The van der Waals surface area contributed by atoms with Crippen LogP contribution in [0.1, 0.15) is 68.1 Å². The molecule has 3 aromatic rings. The Morgan fingerprint density at radius 3 is 2.06 bits per heavy atom. The van der Waals surface area contributed by atoms with E-state index in [0.29, 0.717) is 11.5 Å². The van der Waals surface area contributed by atoms with Crippen molar-refractivity contribution in [2.45, 2.75) is 57.8 Å². The molecule has 1 fully saturated rings. The lowest BCUT2D eigenvalue weighted by molar-refractivity contribution is 0.245. The third kappa shape index (κ3) is 5.88. The van der Waals surface area contributed by atoms with Crippen molar-refractivity contribution in [3.05, 3.63) is 95.1 Å². The maximum atomic E-state index is 13.9. The Balaban J connectivity index is 1.25. The summed E-state index contributed by atoms with van der Waals surface area (Å²) in [5.74, 6) is 0.624. The van der Waals surface area contributed by atoms with Crippen molar-refractivity contribution in [3.8, 4) is 17.2 Å². The van der Waals surface area contributed by atoms with Gasteiger partial charge in [0.05, 0.1) is 0 Å². The highest BCUT2D eigenvalue weighted by Gasteiger charge is 2.23. The molecule has 0 saturated heterocycles. The second-order valence-electron chi connectivity index (χ2n) is 9.60. The molecule has 3 heteroatoms. The Kier molecular flexibility index (Phi) is 7.55. The fraction of sp³-hybridized carbons (Fsp3) is 0.367. The maximum Gasteiger partial charge on any atom is 0.144 e. The summed E-state index contributed by atoms with van der Waals surface area (Å²) >= 11 is 0. The first kappa shape index (κ1) is 23.2. The molecule has 1 atom stereocenters. The Bertz CT molecular complexity index is 1070. The quantitative estimate of drug-likeness (QED) is 0.359. The Labute approximate surface area is 196 Å². The number of nitrogens with zero attached hydrogens (tertiary/aromatic N) is 1. The highest BCUT2D eigenvalue weighted by atomic mass is 19.1. The molecule has 0 amide bonds. The minimum atomic E-state index is -0.814. The second kappa shape index (κ2) is 10.8. The van der Waals surface area contributed by atoms with E-state index in [4.69, 9.17) is 5.26 Å². The Morgan fingerprint density at radius 2 is 1.45 bits per heavy atom. The van der Waals surface area contributed by atoms with Crippen LogP contribution >= 0.6 is 0 Å². The number of aryl methyl sites for hydroxylation is 1. The van der Waals surface area contributed by atoms with Gasteiger partial charge in [0.15, 0.2) is 0 Å². The molecule has 3 aromatic carbocycles. The molecule has 0 unspecified atom stereocenters. The number of benzene rings is 3. The zero-order valence-corrected chi connectivity index (χ0v) is 19.2. The molecular formula is C30H31F2N. The monoisotopic (exact) mass is 443 g/mol. The predicted molar refractivity (Wildman–Crippen MR) is 130 cm³/mol. The van der Waals surface area contributed by atoms with Crippen molar-refractivity contribution in [3.63, 3.8) is 0 Å². The molecule has 170 valence electrons. The van der Waals surface area contributed by atoms with Gasteiger partial charge in [0.2, 0.25) is 0 Å². The van der Waals surface area contributed by atoms with E-state index in [-0.39, 0.29) is 0 Å². The smallest absolute Gasteiger partial charge is 0.144 e. The van der Waals surface area contributed by atoms with Gasteiger partial charge in [-0.3, -0.25) is 0 Å². The molecular weight excluding hydrogens is 412 g/mol. The summed E-state index contributed by atoms with van der Waals surface area (Å²) in [7, 11) is 0. The molecule has 0 radical (unpaired) electrons. The van der Waals surface area contributed by atoms with Crippen LogP contribution in [0, 0.1) is 34.8 Å². The average Bonchev–Trinajstić information content (AvgIpc) is 2.84. The summed E-state index contributed by atoms with van der Waals surface area (Å²) in [6, 6.07) is 22.8. The van der Waals surface area contributed by atoms with Crippen LogP contribution in [0.15, 0.2) is 66.7 Å². The normalized spacial score (nSPS) is 19.1. The van der Waals surface area contributed by atoms with Crippen LogP contribution in [0.3, 0.4) is 0 Å². The largest absolute Gasteiger partial charge is 0.205 e. The molecule has 4 rings (SSSR count). The van der Waals surface area contributed by atoms with E-state index in [1.165, 1.54) is 61.8 Å². The van der Waals surface area contributed by atoms with E-state index in [0.717, 1.165) is 23.8 Å². The van der Waals surface area contributed by atoms with Gasteiger partial charge in [-0.25, -0.2) is 8.78 Å². The number of hydrogen-bond donors (Lipinski definition) is 0. The van der Waals surface area contributed by atoms with Crippen LogP contribution in [-0.4, -0.2) is 0 Å². The number of nitriles is 1. The molecule has 1 aliphatic rings. The molecule has 0 spiro atoms. The Hall–Kier alpha value is -2.99. The van der Waals surface area contributed by atoms with Crippen LogP contribution in [0.5, 0.6) is 0 Å². The van der Waals surface area contributed by atoms with Gasteiger partial charge in [-0.05, 0) is 71.4 Å². The molecule has 0 aliphatic heterocycles. The van der Waals surface area contributed by atoms with E-state index in [9.17, 15) is 8.78 Å². The zero-order chi connectivity index (χ0) is 23.2. The van der Waals surface area contributed by atoms with Gasteiger partial charge in [-0.2, -0.15) is 5.26 Å². The van der Waals surface area contributed by atoms with Crippen molar-refractivity contribution in [2.75, 3.05) is 0 Å². The van der Waals surface area contributed by atoms with Crippen molar-refractivity contribution in [2.24, 2.45) is 11.8 Å². The number of halogens is 2. The van der Waals surface area contributed by atoms with E-state index in [2.05, 4.69) is 49.4 Å². The molecule has 0 aromatic heterocycles. The van der Waals surface area contributed by atoms with Crippen LogP contribution in [0.4, 0.5) is 8.78 Å². The zero-order valence-electron chi connectivity index (χ0n) is 19.2.